The van der Waals surface area contributed by atoms with Crippen LogP contribution in [0.2, 0.25) is 0 Å². The summed E-state index contributed by atoms with van der Waals surface area (Å²) in [6.45, 7) is 0.204. The number of halogens is 1. The molecule has 0 aliphatic heterocycles. The van der Waals surface area contributed by atoms with E-state index in [9.17, 15) is 24.1 Å². The van der Waals surface area contributed by atoms with E-state index in [1.54, 1.807) is 6.07 Å². The molecule has 0 saturated carbocycles. The van der Waals surface area contributed by atoms with Crippen LogP contribution in [-0.4, -0.2) is 23.3 Å². The zero-order chi connectivity index (χ0) is 18.9. The number of rotatable bonds is 7. The number of nitro groups is 1. The van der Waals surface area contributed by atoms with Crippen LogP contribution in [0.25, 0.3) is 0 Å². The minimum absolute atomic E-state index is 0.0499. The van der Waals surface area contributed by atoms with Gasteiger partial charge in [0, 0.05) is 30.2 Å². The monoisotopic (exact) mass is 361 g/mol. The molecule has 0 bridgehead atoms. The van der Waals surface area contributed by atoms with Crippen molar-refractivity contribution in [1.29, 1.82) is 0 Å². The molecule has 0 aromatic heterocycles. The summed E-state index contributed by atoms with van der Waals surface area (Å²) in [7, 11) is 0. The van der Waals surface area contributed by atoms with Crippen molar-refractivity contribution in [2.45, 2.75) is 12.8 Å². The molecule has 2 amide bonds. The van der Waals surface area contributed by atoms with Gasteiger partial charge < -0.3 is 4.74 Å². The molecular formula is C17H16FN3O5. The van der Waals surface area contributed by atoms with Gasteiger partial charge in [-0.25, -0.2) is 4.39 Å². The Hall–Kier alpha value is -3.49. The molecule has 0 unspecified atom stereocenters. The average molecular weight is 361 g/mol. The van der Waals surface area contributed by atoms with Crippen molar-refractivity contribution < 1.29 is 23.6 Å². The van der Waals surface area contributed by atoms with Gasteiger partial charge in [0.1, 0.15) is 11.6 Å². The summed E-state index contributed by atoms with van der Waals surface area (Å²) in [4.78, 5) is 33.6. The highest BCUT2D eigenvalue weighted by Gasteiger charge is 2.12. The van der Waals surface area contributed by atoms with Crippen LogP contribution in [0, 0.1) is 15.9 Å². The Balaban J connectivity index is 1.70. The van der Waals surface area contributed by atoms with E-state index in [1.165, 1.54) is 36.4 Å². The van der Waals surface area contributed by atoms with Gasteiger partial charge in [0.15, 0.2) is 0 Å². The molecule has 2 rings (SSSR count). The van der Waals surface area contributed by atoms with Crippen LogP contribution in [-0.2, 0) is 4.79 Å². The third kappa shape index (κ3) is 5.86. The van der Waals surface area contributed by atoms with E-state index >= 15 is 0 Å². The summed E-state index contributed by atoms with van der Waals surface area (Å²) in [5.41, 5.74) is 4.22. The van der Waals surface area contributed by atoms with Crippen molar-refractivity contribution in [2.24, 2.45) is 0 Å². The summed E-state index contributed by atoms with van der Waals surface area (Å²) < 4.78 is 18.3. The number of nitrogens with one attached hydrogen (secondary N) is 2. The summed E-state index contributed by atoms with van der Waals surface area (Å²) >= 11 is 0. The third-order valence-corrected chi connectivity index (χ3v) is 3.25. The van der Waals surface area contributed by atoms with Crippen LogP contribution < -0.4 is 15.6 Å². The van der Waals surface area contributed by atoms with E-state index in [0.717, 1.165) is 6.07 Å². The molecule has 2 aromatic carbocycles. The number of amides is 2. The fourth-order valence-electron chi connectivity index (χ4n) is 2.00. The number of ether oxygens (including phenoxy) is 1. The van der Waals surface area contributed by atoms with Crippen molar-refractivity contribution in [3.8, 4) is 5.75 Å². The Kier molecular flexibility index (Phi) is 6.60. The van der Waals surface area contributed by atoms with Gasteiger partial charge in [0.05, 0.1) is 11.5 Å². The van der Waals surface area contributed by atoms with Gasteiger partial charge in [0.2, 0.25) is 5.91 Å². The average Bonchev–Trinajstić information content (AvgIpc) is 2.63. The van der Waals surface area contributed by atoms with Gasteiger partial charge in [-0.05, 0) is 24.6 Å². The zero-order valence-electron chi connectivity index (χ0n) is 13.6. The molecule has 0 radical (unpaired) electrons. The van der Waals surface area contributed by atoms with E-state index in [2.05, 4.69) is 10.9 Å². The number of benzene rings is 2. The maximum atomic E-state index is 13.0. The number of hydrogen-bond acceptors (Lipinski definition) is 5. The minimum atomic E-state index is -0.668. The Morgan fingerprint density at radius 1 is 1.12 bits per heavy atom. The quantitative estimate of drug-likeness (QED) is 0.447. The Labute approximate surface area is 148 Å². The first kappa shape index (κ1) is 18.8. The van der Waals surface area contributed by atoms with Crippen LogP contribution in [0.15, 0.2) is 48.5 Å². The second-order valence-electron chi connectivity index (χ2n) is 5.22. The molecule has 0 saturated heterocycles. The molecule has 0 atom stereocenters. The lowest BCUT2D eigenvalue weighted by atomic mass is 10.2. The summed E-state index contributed by atoms with van der Waals surface area (Å²) in [6.07, 6.45) is 0.430. The topological polar surface area (TPSA) is 111 Å². The lowest BCUT2D eigenvalue weighted by Gasteiger charge is -2.08. The molecule has 8 nitrogen and oxygen atoms in total. The van der Waals surface area contributed by atoms with Gasteiger partial charge in [-0.1, -0.05) is 12.1 Å². The predicted molar refractivity (Wildman–Crippen MR) is 89.8 cm³/mol. The van der Waals surface area contributed by atoms with Crippen molar-refractivity contribution in [3.63, 3.8) is 0 Å². The van der Waals surface area contributed by atoms with Gasteiger partial charge in [-0.3, -0.25) is 30.6 Å². The van der Waals surface area contributed by atoms with E-state index in [0.29, 0.717) is 12.2 Å². The molecular weight excluding hydrogens is 345 g/mol. The lowest BCUT2D eigenvalue weighted by Crippen LogP contribution is -2.41. The molecule has 2 aromatic rings. The third-order valence-electron chi connectivity index (χ3n) is 3.25. The second kappa shape index (κ2) is 9.11. The van der Waals surface area contributed by atoms with Crippen molar-refractivity contribution >= 4 is 17.5 Å². The SMILES string of the molecule is O=C(CCCOc1cccc(F)c1)NNC(=O)c1cccc([N+](=O)[O-])c1. The second-order valence-corrected chi connectivity index (χ2v) is 5.22. The van der Waals surface area contributed by atoms with Gasteiger partial charge in [-0.15, -0.1) is 0 Å². The van der Waals surface area contributed by atoms with E-state index in [4.69, 9.17) is 4.74 Å². The summed E-state index contributed by atoms with van der Waals surface area (Å²) in [5.74, 6) is -1.17. The Bertz CT molecular complexity index is 812. The van der Waals surface area contributed by atoms with E-state index in [-0.39, 0.29) is 24.3 Å². The largest absolute Gasteiger partial charge is 0.493 e. The van der Waals surface area contributed by atoms with Crippen molar-refractivity contribution in [1.82, 2.24) is 10.9 Å². The fourth-order valence-corrected chi connectivity index (χ4v) is 2.00. The van der Waals surface area contributed by atoms with Crippen LogP contribution in [0.5, 0.6) is 5.75 Å². The van der Waals surface area contributed by atoms with E-state index in [1.807, 2.05) is 0 Å². The molecule has 9 heteroatoms. The minimum Gasteiger partial charge on any atom is -0.493 e. The van der Waals surface area contributed by atoms with Gasteiger partial charge >= 0.3 is 0 Å². The fraction of sp³-hybridized carbons (Fsp3) is 0.176. The number of hydrazine groups is 1. The maximum absolute atomic E-state index is 13.0. The Morgan fingerprint density at radius 3 is 2.62 bits per heavy atom. The van der Waals surface area contributed by atoms with Crippen LogP contribution in [0.3, 0.4) is 0 Å². The highest BCUT2D eigenvalue weighted by Crippen LogP contribution is 2.13. The number of hydrogen-bond donors (Lipinski definition) is 2. The number of nitrogens with zero attached hydrogens (tertiary/aromatic N) is 1. The molecule has 0 fully saturated rings. The Morgan fingerprint density at radius 2 is 1.88 bits per heavy atom. The number of non-ortho nitro benzene ring substituents is 1. The highest BCUT2D eigenvalue weighted by molar-refractivity contribution is 5.95. The first-order valence-electron chi connectivity index (χ1n) is 7.68. The van der Waals surface area contributed by atoms with Gasteiger partial charge in [0.25, 0.3) is 11.6 Å². The number of carbonyl (C=O) groups is 2. The zero-order valence-corrected chi connectivity index (χ0v) is 13.6. The van der Waals surface area contributed by atoms with Gasteiger partial charge in [-0.2, -0.15) is 0 Å². The smallest absolute Gasteiger partial charge is 0.270 e. The first-order chi connectivity index (χ1) is 12.5. The van der Waals surface area contributed by atoms with Crippen molar-refractivity contribution in [2.75, 3.05) is 6.61 Å². The molecule has 0 aliphatic carbocycles. The molecule has 2 N–H and O–H groups in total. The molecule has 136 valence electrons. The normalized spacial score (nSPS) is 10.0. The standard InChI is InChI=1S/C17H16FN3O5/c18-13-5-2-7-15(11-13)26-9-3-8-16(22)19-20-17(23)12-4-1-6-14(10-12)21(24)25/h1-2,4-7,10-11H,3,8-9H2,(H,19,22)(H,20,23). The summed E-state index contributed by atoms with van der Waals surface area (Å²) in [6, 6.07) is 10.8. The molecule has 0 aliphatic rings. The van der Waals surface area contributed by atoms with E-state index < -0.39 is 22.6 Å². The molecule has 26 heavy (non-hydrogen) atoms. The molecule has 0 spiro atoms. The lowest BCUT2D eigenvalue weighted by molar-refractivity contribution is -0.384. The van der Waals surface area contributed by atoms with Crippen LogP contribution in [0.4, 0.5) is 10.1 Å². The first-order valence-corrected chi connectivity index (χ1v) is 7.68. The van der Waals surface area contributed by atoms with Crippen LogP contribution in [0.1, 0.15) is 23.2 Å². The van der Waals surface area contributed by atoms with Crippen LogP contribution >= 0.6 is 0 Å². The predicted octanol–water partition coefficient (Wildman–Crippen LogP) is 2.35. The molecule has 0 heterocycles. The number of carbonyl (C=O) groups excluding carboxylic acids is 2. The number of nitro benzene ring substituents is 1. The summed E-state index contributed by atoms with van der Waals surface area (Å²) in [5, 5.41) is 10.7. The van der Waals surface area contributed by atoms with Crippen molar-refractivity contribution in [3.05, 3.63) is 70.0 Å². The maximum Gasteiger partial charge on any atom is 0.270 e. The highest BCUT2D eigenvalue weighted by atomic mass is 19.1.